The van der Waals surface area contributed by atoms with Crippen molar-refractivity contribution < 1.29 is 0 Å². The van der Waals surface area contributed by atoms with Gasteiger partial charge in [-0.05, 0) is 12.0 Å². The van der Waals surface area contributed by atoms with Crippen LogP contribution in [0.3, 0.4) is 0 Å². The molecule has 0 aromatic heterocycles. The largest absolute Gasteiger partial charge is 0.301 e. The lowest BCUT2D eigenvalue weighted by Gasteiger charge is -2.25. The molecule has 0 saturated carbocycles. The Morgan fingerprint density at radius 1 is 1.07 bits per heavy atom. The topological polar surface area (TPSA) is 3.24 Å². The smallest absolute Gasteiger partial charge is 0.00728 e. The van der Waals surface area contributed by atoms with Gasteiger partial charge in [0.1, 0.15) is 0 Å². The number of thioether (sulfide) groups is 1. The highest BCUT2D eigenvalue weighted by Crippen LogP contribution is 2.10. The Morgan fingerprint density at radius 3 is 2.50 bits per heavy atom. The molecule has 1 aromatic rings. The second-order valence-electron chi connectivity index (χ2n) is 3.69. The van der Waals surface area contributed by atoms with Crippen LogP contribution in [0.25, 0.3) is 0 Å². The lowest BCUT2D eigenvalue weighted by molar-refractivity contribution is 0.306. The summed E-state index contributed by atoms with van der Waals surface area (Å²) in [5.74, 6) is 2.63. The van der Waals surface area contributed by atoms with E-state index in [9.17, 15) is 0 Å². The third-order valence-corrected chi connectivity index (χ3v) is 3.61. The number of nitrogens with zero attached hydrogens (tertiary/aromatic N) is 1. The van der Waals surface area contributed by atoms with Gasteiger partial charge >= 0.3 is 0 Å². The van der Waals surface area contributed by atoms with Crippen LogP contribution in [0, 0.1) is 0 Å². The first-order chi connectivity index (χ1) is 6.95. The molecule has 1 nitrogen and oxygen atoms in total. The van der Waals surface area contributed by atoms with E-state index in [1.807, 2.05) is 0 Å². The molecule has 0 unspecified atom stereocenters. The molecule has 14 heavy (non-hydrogen) atoms. The van der Waals surface area contributed by atoms with Crippen LogP contribution in [-0.2, 0) is 6.42 Å². The van der Waals surface area contributed by atoms with Crippen molar-refractivity contribution in [3.63, 3.8) is 0 Å². The second-order valence-corrected chi connectivity index (χ2v) is 4.91. The minimum atomic E-state index is 1.20. The van der Waals surface area contributed by atoms with Crippen LogP contribution in [0.1, 0.15) is 5.56 Å². The molecule has 0 spiro atoms. The number of benzene rings is 1. The molecule has 2 heteroatoms. The average Bonchev–Trinajstić information content (AvgIpc) is 2.29. The maximum absolute atomic E-state index is 2.57. The molecule has 1 saturated heterocycles. The summed E-state index contributed by atoms with van der Waals surface area (Å²) in [6, 6.07) is 10.8. The van der Waals surface area contributed by atoms with Crippen molar-refractivity contribution in [3.8, 4) is 0 Å². The summed E-state index contributed by atoms with van der Waals surface area (Å²) in [6.07, 6.45) is 1.20. The summed E-state index contributed by atoms with van der Waals surface area (Å²) in [5, 5.41) is 0. The van der Waals surface area contributed by atoms with Gasteiger partial charge in [0.15, 0.2) is 0 Å². The van der Waals surface area contributed by atoms with Crippen LogP contribution in [0.4, 0.5) is 0 Å². The van der Waals surface area contributed by atoms with Crippen molar-refractivity contribution in [2.75, 3.05) is 31.1 Å². The van der Waals surface area contributed by atoms with Crippen LogP contribution in [-0.4, -0.2) is 36.0 Å². The Labute approximate surface area is 90.5 Å². The van der Waals surface area contributed by atoms with Crippen LogP contribution in [0.2, 0.25) is 0 Å². The van der Waals surface area contributed by atoms with Gasteiger partial charge in [0, 0.05) is 31.1 Å². The predicted molar refractivity (Wildman–Crippen MR) is 63.9 cm³/mol. The van der Waals surface area contributed by atoms with Crippen molar-refractivity contribution in [2.45, 2.75) is 6.42 Å². The summed E-state index contributed by atoms with van der Waals surface area (Å²) < 4.78 is 0. The average molecular weight is 207 g/mol. The van der Waals surface area contributed by atoms with E-state index in [-0.39, 0.29) is 0 Å². The minimum Gasteiger partial charge on any atom is -0.301 e. The van der Waals surface area contributed by atoms with Crippen molar-refractivity contribution in [1.29, 1.82) is 0 Å². The zero-order valence-corrected chi connectivity index (χ0v) is 9.30. The molecular formula is C12H17NS. The normalized spacial score (nSPS) is 18.3. The highest BCUT2D eigenvalue weighted by molar-refractivity contribution is 7.99. The monoisotopic (exact) mass is 207 g/mol. The summed E-state index contributed by atoms with van der Waals surface area (Å²) in [5.41, 5.74) is 1.46. The zero-order valence-electron chi connectivity index (χ0n) is 8.48. The third-order valence-electron chi connectivity index (χ3n) is 2.66. The molecule has 0 N–H and O–H groups in total. The highest BCUT2D eigenvalue weighted by Gasteiger charge is 2.09. The summed E-state index contributed by atoms with van der Waals surface area (Å²) in [4.78, 5) is 2.57. The molecule has 1 fully saturated rings. The second kappa shape index (κ2) is 5.42. The van der Waals surface area contributed by atoms with E-state index in [1.165, 1.54) is 43.1 Å². The van der Waals surface area contributed by atoms with Crippen molar-refractivity contribution in [3.05, 3.63) is 35.9 Å². The molecule has 76 valence electrons. The SMILES string of the molecule is c1ccc(CCN2CCSCC2)cc1. The van der Waals surface area contributed by atoms with Gasteiger partial charge in [-0.15, -0.1) is 0 Å². The standard InChI is InChI=1S/C12H17NS/c1-2-4-12(5-3-1)6-7-13-8-10-14-11-9-13/h1-5H,6-11H2. The van der Waals surface area contributed by atoms with Crippen LogP contribution < -0.4 is 0 Å². The molecule has 2 rings (SSSR count). The maximum atomic E-state index is 2.57. The summed E-state index contributed by atoms with van der Waals surface area (Å²) in [7, 11) is 0. The molecule has 1 aliphatic heterocycles. The Morgan fingerprint density at radius 2 is 1.79 bits per heavy atom. The predicted octanol–water partition coefficient (Wildman–Crippen LogP) is 2.28. The van der Waals surface area contributed by atoms with Crippen molar-refractivity contribution in [2.24, 2.45) is 0 Å². The number of hydrogen-bond acceptors (Lipinski definition) is 2. The van der Waals surface area contributed by atoms with Crippen molar-refractivity contribution >= 4 is 11.8 Å². The van der Waals surface area contributed by atoms with Gasteiger partial charge in [-0.1, -0.05) is 30.3 Å². The summed E-state index contributed by atoms with van der Waals surface area (Å²) in [6.45, 7) is 3.78. The molecule has 1 aliphatic rings. The van der Waals surface area contributed by atoms with E-state index in [1.54, 1.807) is 0 Å². The Balaban J connectivity index is 1.76. The first-order valence-electron chi connectivity index (χ1n) is 5.29. The van der Waals surface area contributed by atoms with E-state index in [0.717, 1.165) is 0 Å². The van der Waals surface area contributed by atoms with E-state index in [0.29, 0.717) is 0 Å². The Kier molecular flexibility index (Phi) is 3.90. The van der Waals surface area contributed by atoms with Gasteiger partial charge in [0.25, 0.3) is 0 Å². The van der Waals surface area contributed by atoms with Crippen LogP contribution in [0.5, 0.6) is 0 Å². The van der Waals surface area contributed by atoms with Gasteiger partial charge < -0.3 is 4.90 Å². The minimum absolute atomic E-state index is 1.20. The van der Waals surface area contributed by atoms with E-state index < -0.39 is 0 Å². The zero-order chi connectivity index (χ0) is 9.64. The molecule has 0 atom stereocenters. The summed E-state index contributed by atoms with van der Waals surface area (Å²) >= 11 is 2.08. The fraction of sp³-hybridized carbons (Fsp3) is 0.500. The Hall–Kier alpha value is -0.470. The fourth-order valence-corrected chi connectivity index (χ4v) is 2.74. The quantitative estimate of drug-likeness (QED) is 0.748. The van der Waals surface area contributed by atoms with Gasteiger partial charge in [0.05, 0.1) is 0 Å². The lowest BCUT2D eigenvalue weighted by atomic mass is 10.1. The molecular weight excluding hydrogens is 190 g/mol. The molecule has 0 bridgehead atoms. The Bertz CT molecular complexity index is 254. The highest BCUT2D eigenvalue weighted by atomic mass is 32.2. The molecule has 0 aliphatic carbocycles. The number of hydrogen-bond donors (Lipinski definition) is 0. The van der Waals surface area contributed by atoms with Crippen LogP contribution in [0.15, 0.2) is 30.3 Å². The third kappa shape index (κ3) is 3.03. The lowest BCUT2D eigenvalue weighted by Crippen LogP contribution is -2.34. The van der Waals surface area contributed by atoms with Gasteiger partial charge in [-0.25, -0.2) is 0 Å². The van der Waals surface area contributed by atoms with E-state index in [4.69, 9.17) is 0 Å². The molecule has 1 heterocycles. The molecule has 1 aromatic carbocycles. The number of rotatable bonds is 3. The molecule has 0 radical (unpaired) electrons. The first-order valence-corrected chi connectivity index (χ1v) is 6.44. The van der Waals surface area contributed by atoms with Gasteiger partial charge in [-0.2, -0.15) is 11.8 Å². The fourth-order valence-electron chi connectivity index (χ4n) is 1.76. The first kappa shape index (κ1) is 10.1. The van der Waals surface area contributed by atoms with E-state index >= 15 is 0 Å². The maximum Gasteiger partial charge on any atom is 0.00728 e. The van der Waals surface area contributed by atoms with Crippen LogP contribution >= 0.6 is 11.8 Å². The van der Waals surface area contributed by atoms with E-state index in [2.05, 4.69) is 47.0 Å². The molecule has 0 amide bonds. The van der Waals surface area contributed by atoms with Gasteiger partial charge in [0.2, 0.25) is 0 Å². The van der Waals surface area contributed by atoms with Gasteiger partial charge in [-0.3, -0.25) is 0 Å². The van der Waals surface area contributed by atoms with Crippen molar-refractivity contribution in [1.82, 2.24) is 4.90 Å².